The van der Waals surface area contributed by atoms with Gasteiger partial charge in [0.1, 0.15) is 5.60 Å². The van der Waals surface area contributed by atoms with Gasteiger partial charge < -0.3 is 19.6 Å². The van der Waals surface area contributed by atoms with Gasteiger partial charge in [-0.05, 0) is 39.3 Å². The van der Waals surface area contributed by atoms with E-state index in [4.69, 9.17) is 4.74 Å². The van der Waals surface area contributed by atoms with Gasteiger partial charge >= 0.3 is 0 Å². The lowest BCUT2D eigenvalue weighted by Crippen LogP contribution is -2.53. The third-order valence-electron chi connectivity index (χ3n) is 4.84. The van der Waals surface area contributed by atoms with Crippen LogP contribution in [0.15, 0.2) is 5.51 Å². The molecule has 1 amide bonds. The maximum atomic E-state index is 12.6. The summed E-state index contributed by atoms with van der Waals surface area (Å²) >= 11 is 1.60. The number of carbonyl (C=O) groups is 1. The first-order valence-electron chi connectivity index (χ1n) is 8.75. The van der Waals surface area contributed by atoms with Gasteiger partial charge in [0.05, 0.1) is 31.0 Å². The Morgan fingerprint density at radius 1 is 1.42 bits per heavy atom. The Morgan fingerprint density at radius 3 is 2.92 bits per heavy atom. The molecule has 1 aromatic rings. The van der Waals surface area contributed by atoms with Crippen molar-refractivity contribution in [2.24, 2.45) is 0 Å². The summed E-state index contributed by atoms with van der Waals surface area (Å²) in [6.45, 7) is 6.35. The molecule has 0 aliphatic carbocycles. The van der Waals surface area contributed by atoms with Crippen molar-refractivity contribution in [3.05, 3.63) is 16.1 Å². The average Bonchev–Trinajstić information content (AvgIpc) is 3.15. The zero-order valence-corrected chi connectivity index (χ0v) is 15.2. The third-order valence-corrected chi connectivity index (χ3v) is 5.84. The summed E-state index contributed by atoms with van der Waals surface area (Å²) in [5.41, 5.74) is 1.87. The lowest BCUT2D eigenvalue weighted by molar-refractivity contribution is -0.134. The summed E-state index contributed by atoms with van der Waals surface area (Å²) < 4.78 is 5.59. The molecule has 2 saturated heterocycles. The fourth-order valence-corrected chi connectivity index (χ4v) is 4.31. The fourth-order valence-electron chi connectivity index (χ4n) is 3.53. The molecule has 0 radical (unpaired) electrons. The number of β-amino-alcohol motifs (C(OH)–C–C–N with tert-alkyl or cyclic N) is 1. The Balaban J connectivity index is 1.57. The molecule has 0 bridgehead atoms. The quantitative estimate of drug-likeness (QED) is 0.858. The number of amides is 1. The topological polar surface area (TPSA) is 65.9 Å². The number of rotatable bonds is 5. The summed E-state index contributed by atoms with van der Waals surface area (Å²) in [5.74, 6) is 0.0909. The Kier molecular flexibility index (Phi) is 5.86. The van der Waals surface area contributed by atoms with E-state index in [1.807, 2.05) is 12.4 Å². The van der Waals surface area contributed by atoms with Crippen LogP contribution in [0, 0.1) is 6.92 Å². The van der Waals surface area contributed by atoms with Crippen LogP contribution in [0.25, 0.3) is 0 Å². The molecule has 1 atom stereocenters. The number of aryl methyl sites for hydroxylation is 2. The van der Waals surface area contributed by atoms with Crippen LogP contribution >= 0.6 is 11.3 Å². The number of hydrogen-bond donors (Lipinski definition) is 1. The fraction of sp³-hybridized carbons (Fsp3) is 0.765. The Morgan fingerprint density at radius 2 is 2.21 bits per heavy atom. The number of likely N-dealkylation sites (tertiary alicyclic amines) is 1. The zero-order valence-electron chi connectivity index (χ0n) is 14.4. The van der Waals surface area contributed by atoms with E-state index < -0.39 is 5.60 Å². The highest BCUT2D eigenvalue weighted by Gasteiger charge is 2.36. The number of thiazole rings is 1. The Hall–Kier alpha value is -1.02. The van der Waals surface area contributed by atoms with Gasteiger partial charge in [0.25, 0.3) is 0 Å². The summed E-state index contributed by atoms with van der Waals surface area (Å²) in [6.07, 6.45) is 3.56. The van der Waals surface area contributed by atoms with Gasteiger partial charge in [0, 0.05) is 24.4 Å². The van der Waals surface area contributed by atoms with Gasteiger partial charge in [-0.1, -0.05) is 0 Å². The molecule has 0 aromatic carbocycles. The van der Waals surface area contributed by atoms with Crippen molar-refractivity contribution in [2.45, 2.75) is 38.2 Å². The molecule has 3 heterocycles. The summed E-state index contributed by atoms with van der Waals surface area (Å²) in [5, 5.41) is 11.0. The number of hydrogen-bond acceptors (Lipinski definition) is 6. The lowest BCUT2D eigenvalue weighted by Gasteiger charge is -2.34. The van der Waals surface area contributed by atoms with Crippen molar-refractivity contribution in [1.82, 2.24) is 14.8 Å². The van der Waals surface area contributed by atoms with E-state index in [2.05, 4.69) is 9.88 Å². The largest absolute Gasteiger partial charge is 0.384 e. The SMILES string of the molecule is Cc1ncsc1CCC(=O)N1CCOCC(O)(CN2CCCC2)C1. The minimum absolute atomic E-state index is 0.0909. The molecular weight excluding hydrogens is 326 g/mol. The minimum atomic E-state index is -0.961. The minimum Gasteiger partial charge on any atom is -0.384 e. The number of ether oxygens (including phenoxy) is 1. The number of aromatic nitrogens is 1. The molecule has 134 valence electrons. The van der Waals surface area contributed by atoms with Crippen LogP contribution in [-0.4, -0.2) is 77.3 Å². The first-order chi connectivity index (χ1) is 11.6. The highest BCUT2D eigenvalue weighted by molar-refractivity contribution is 7.09. The standard InChI is InChI=1S/C17H27N3O3S/c1-14-15(24-13-18-14)4-5-16(21)20-8-9-23-12-17(22,11-20)10-19-6-2-3-7-19/h13,22H,2-12H2,1H3. The predicted molar refractivity (Wildman–Crippen MR) is 93.2 cm³/mol. The molecule has 0 saturated carbocycles. The van der Waals surface area contributed by atoms with Crippen LogP contribution < -0.4 is 0 Å². The first-order valence-corrected chi connectivity index (χ1v) is 9.63. The highest BCUT2D eigenvalue weighted by atomic mass is 32.1. The van der Waals surface area contributed by atoms with Crippen molar-refractivity contribution in [3.63, 3.8) is 0 Å². The van der Waals surface area contributed by atoms with Crippen LogP contribution in [0.3, 0.4) is 0 Å². The predicted octanol–water partition coefficient (Wildman–Crippen LogP) is 1.07. The van der Waals surface area contributed by atoms with E-state index in [0.717, 1.165) is 25.2 Å². The molecule has 3 rings (SSSR count). The number of nitrogens with zero attached hydrogens (tertiary/aromatic N) is 3. The zero-order chi connectivity index (χ0) is 17.0. The summed E-state index contributed by atoms with van der Waals surface area (Å²) in [4.78, 5) is 22.1. The smallest absolute Gasteiger partial charge is 0.223 e. The van der Waals surface area contributed by atoms with Crippen LogP contribution in [-0.2, 0) is 16.0 Å². The second-order valence-corrected chi connectivity index (χ2v) is 7.88. The van der Waals surface area contributed by atoms with E-state index in [-0.39, 0.29) is 5.91 Å². The van der Waals surface area contributed by atoms with Crippen molar-refractivity contribution in [1.29, 1.82) is 0 Å². The van der Waals surface area contributed by atoms with Gasteiger partial charge in [-0.3, -0.25) is 4.79 Å². The van der Waals surface area contributed by atoms with Gasteiger partial charge in [0.15, 0.2) is 0 Å². The van der Waals surface area contributed by atoms with Crippen molar-refractivity contribution in [3.8, 4) is 0 Å². The van der Waals surface area contributed by atoms with Crippen LogP contribution in [0.2, 0.25) is 0 Å². The Bertz CT molecular complexity index is 559. The molecule has 2 aliphatic heterocycles. The molecule has 7 heteroatoms. The molecular formula is C17H27N3O3S. The van der Waals surface area contributed by atoms with Crippen LogP contribution in [0.5, 0.6) is 0 Å². The number of carbonyl (C=O) groups excluding carboxylic acids is 1. The molecule has 6 nitrogen and oxygen atoms in total. The molecule has 1 aromatic heterocycles. The summed E-state index contributed by atoms with van der Waals surface area (Å²) in [7, 11) is 0. The normalized spacial score (nSPS) is 25.8. The second kappa shape index (κ2) is 7.91. The summed E-state index contributed by atoms with van der Waals surface area (Å²) in [6, 6.07) is 0. The molecule has 2 fully saturated rings. The first kappa shape index (κ1) is 17.8. The third kappa shape index (κ3) is 4.53. The molecule has 0 spiro atoms. The maximum Gasteiger partial charge on any atom is 0.223 e. The average molecular weight is 353 g/mol. The van der Waals surface area contributed by atoms with Gasteiger partial charge in [0.2, 0.25) is 5.91 Å². The van der Waals surface area contributed by atoms with Crippen molar-refractivity contribution in [2.75, 3.05) is 45.9 Å². The van der Waals surface area contributed by atoms with Gasteiger partial charge in [-0.25, -0.2) is 4.98 Å². The van der Waals surface area contributed by atoms with Crippen LogP contribution in [0.4, 0.5) is 0 Å². The maximum absolute atomic E-state index is 12.6. The highest BCUT2D eigenvalue weighted by Crippen LogP contribution is 2.20. The number of aliphatic hydroxyl groups is 1. The van der Waals surface area contributed by atoms with E-state index in [1.165, 1.54) is 17.7 Å². The second-order valence-electron chi connectivity index (χ2n) is 6.94. The van der Waals surface area contributed by atoms with Crippen molar-refractivity contribution >= 4 is 17.2 Å². The molecule has 24 heavy (non-hydrogen) atoms. The van der Waals surface area contributed by atoms with E-state index in [1.54, 1.807) is 16.2 Å². The van der Waals surface area contributed by atoms with E-state index >= 15 is 0 Å². The Labute approximate surface area is 147 Å². The van der Waals surface area contributed by atoms with Crippen LogP contribution in [0.1, 0.15) is 29.8 Å². The molecule has 1 unspecified atom stereocenters. The lowest BCUT2D eigenvalue weighted by atomic mass is 10.0. The molecule has 1 N–H and O–H groups in total. The van der Waals surface area contributed by atoms with E-state index in [0.29, 0.717) is 39.3 Å². The monoisotopic (exact) mass is 353 g/mol. The van der Waals surface area contributed by atoms with Gasteiger partial charge in [-0.15, -0.1) is 11.3 Å². The van der Waals surface area contributed by atoms with Gasteiger partial charge in [-0.2, -0.15) is 0 Å². The molecule has 2 aliphatic rings. The van der Waals surface area contributed by atoms with E-state index in [9.17, 15) is 9.90 Å². The van der Waals surface area contributed by atoms with Crippen molar-refractivity contribution < 1.29 is 14.6 Å².